The van der Waals surface area contributed by atoms with Crippen molar-refractivity contribution in [1.82, 2.24) is 9.97 Å². The number of aromatic nitrogens is 2. The quantitative estimate of drug-likeness (QED) is 0.621. The molecule has 1 aromatic rings. The fraction of sp³-hybridized carbons (Fsp3) is 0.200. The zero-order chi connectivity index (χ0) is 8.97. The lowest BCUT2D eigenvalue weighted by atomic mass is 10.1. The highest BCUT2D eigenvalue weighted by atomic mass is 14.8. The maximum absolute atomic E-state index is 4.10. The van der Waals surface area contributed by atoms with Crippen molar-refractivity contribution in [2.45, 2.75) is 13.8 Å². The molecule has 0 aliphatic carbocycles. The third kappa shape index (κ3) is 1.59. The first kappa shape index (κ1) is 8.65. The fourth-order valence-electron chi connectivity index (χ4n) is 1.06. The van der Waals surface area contributed by atoms with E-state index in [4.69, 9.17) is 0 Å². The minimum Gasteiger partial charge on any atom is -0.244 e. The number of hydrogen-bond donors (Lipinski definition) is 0. The van der Waals surface area contributed by atoms with E-state index in [-0.39, 0.29) is 0 Å². The molecule has 2 heteroatoms. The van der Waals surface area contributed by atoms with Gasteiger partial charge in [0.15, 0.2) is 0 Å². The molecule has 0 spiro atoms. The van der Waals surface area contributed by atoms with E-state index in [9.17, 15) is 0 Å². The normalized spacial score (nSPS) is 11.3. The summed E-state index contributed by atoms with van der Waals surface area (Å²) in [7, 11) is 0. The Hall–Kier alpha value is -1.44. The molecule has 0 aromatic carbocycles. The van der Waals surface area contributed by atoms with Crippen LogP contribution in [0.15, 0.2) is 31.3 Å². The van der Waals surface area contributed by atoms with E-state index >= 15 is 0 Å². The van der Waals surface area contributed by atoms with Gasteiger partial charge in [-0.05, 0) is 19.4 Å². The fourth-order valence-corrected chi connectivity index (χ4v) is 1.06. The number of aryl methyl sites for hydroxylation is 1. The van der Waals surface area contributed by atoms with Crippen molar-refractivity contribution in [3.63, 3.8) is 0 Å². The van der Waals surface area contributed by atoms with Crippen LogP contribution in [-0.2, 0) is 0 Å². The molecule has 0 aliphatic heterocycles. The van der Waals surface area contributed by atoms with Gasteiger partial charge in [-0.3, -0.25) is 0 Å². The van der Waals surface area contributed by atoms with Crippen LogP contribution in [0.2, 0.25) is 0 Å². The zero-order valence-electron chi connectivity index (χ0n) is 7.41. The first-order valence-corrected chi connectivity index (χ1v) is 3.85. The maximum Gasteiger partial charge on any atom is 0.115 e. The standard InChI is InChI=1S/C10H12N2/c1-4-9(5-2)10-6-11-7-12-8(10)3/h4-7H,1H2,2-3H3/b9-5-. The topological polar surface area (TPSA) is 25.8 Å². The molecule has 0 aliphatic rings. The minimum absolute atomic E-state index is 0.984. The van der Waals surface area contributed by atoms with Gasteiger partial charge in [0.2, 0.25) is 0 Å². The highest BCUT2D eigenvalue weighted by molar-refractivity contribution is 5.73. The van der Waals surface area contributed by atoms with Gasteiger partial charge < -0.3 is 0 Å². The Kier molecular flexibility index (Phi) is 2.75. The van der Waals surface area contributed by atoms with Crippen molar-refractivity contribution < 1.29 is 0 Å². The van der Waals surface area contributed by atoms with Gasteiger partial charge in [0, 0.05) is 17.5 Å². The Morgan fingerprint density at radius 2 is 2.33 bits per heavy atom. The first-order chi connectivity index (χ1) is 5.79. The number of nitrogens with zero attached hydrogens (tertiary/aromatic N) is 2. The zero-order valence-corrected chi connectivity index (χ0v) is 7.41. The highest BCUT2D eigenvalue weighted by Gasteiger charge is 2.00. The number of hydrogen-bond acceptors (Lipinski definition) is 2. The summed E-state index contributed by atoms with van der Waals surface area (Å²) in [6.45, 7) is 7.66. The van der Waals surface area contributed by atoms with Crippen molar-refractivity contribution in [3.05, 3.63) is 42.5 Å². The van der Waals surface area contributed by atoms with Crippen molar-refractivity contribution in [2.75, 3.05) is 0 Å². The van der Waals surface area contributed by atoms with E-state index in [2.05, 4.69) is 16.5 Å². The van der Waals surface area contributed by atoms with Gasteiger partial charge in [0.05, 0.1) is 0 Å². The molecular formula is C10H12N2. The Labute approximate surface area is 72.7 Å². The van der Waals surface area contributed by atoms with Gasteiger partial charge in [-0.1, -0.05) is 18.7 Å². The summed E-state index contributed by atoms with van der Waals surface area (Å²) in [4.78, 5) is 8.06. The van der Waals surface area contributed by atoms with Crippen LogP contribution in [0.1, 0.15) is 18.2 Å². The second-order valence-corrected chi connectivity index (χ2v) is 2.47. The smallest absolute Gasteiger partial charge is 0.115 e. The summed E-state index contributed by atoms with van der Waals surface area (Å²) in [5.41, 5.74) is 3.11. The Bertz CT molecular complexity index is 313. The first-order valence-electron chi connectivity index (χ1n) is 3.85. The van der Waals surface area contributed by atoms with Crippen molar-refractivity contribution in [1.29, 1.82) is 0 Å². The summed E-state index contributed by atoms with van der Waals surface area (Å²) < 4.78 is 0. The highest BCUT2D eigenvalue weighted by Crippen LogP contribution is 2.15. The molecule has 0 fully saturated rings. The Morgan fingerprint density at radius 1 is 1.58 bits per heavy atom. The predicted octanol–water partition coefficient (Wildman–Crippen LogP) is 2.37. The summed E-state index contributed by atoms with van der Waals surface area (Å²) in [5.74, 6) is 0. The molecule has 0 amide bonds. The van der Waals surface area contributed by atoms with E-state index in [1.165, 1.54) is 0 Å². The second kappa shape index (κ2) is 3.81. The lowest BCUT2D eigenvalue weighted by Gasteiger charge is -2.02. The number of rotatable bonds is 2. The molecule has 2 nitrogen and oxygen atoms in total. The third-order valence-corrected chi connectivity index (χ3v) is 1.75. The minimum atomic E-state index is 0.984. The Morgan fingerprint density at radius 3 is 2.83 bits per heavy atom. The van der Waals surface area contributed by atoms with Gasteiger partial charge in [0.1, 0.15) is 6.33 Å². The molecule has 62 valence electrons. The van der Waals surface area contributed by atoms with Crippen LogP contribution in [-0.4, -0.2) is 9.97 Å². The largest absolute Gasteiger partial charge is 0.244 e. The lowest BCUT2D eigenvalue weighted by molar-refractivity contribution is 1.09. The van der Waals surface area contributed by atoms with Gasteiger partial charge in [-0.15, -0.1) is 0 Å². The molecule has 0 radical (unpaired) electrons. The van der Waals surface area contributed by atoms with Crippen LogP contribution >= 0.6 is 0 Å². The maximum atomic E-state index is 4.10. The molecule has 0 saturated heterocycles. The Balaban J connectivity index is 3.18. The monoisotopic (exact) mass is 160 g/mol. The van der Waals surface area contributed by atoms with E-state index in [0.717, 1.165) is 16.8 Å². The average molecular weight is 160 g/mol. The SMILES string of the molecule is C=C/C(=C/C)c1cncnc1C. The van der Waals surface area contributed by atoms with Crippen LogP contribution < -0.4 is 0 Å². The van der Waals surface area contributed by atoms with E-state index in [1.54, 1.807) is 12.5 Å². The summed E-state index contributed by atoms with van der Waals surface area (Å²) in [5, 5.41) is 0. The van der Waals surface area contributed by atoms with Gasteiger partial charge in [-0.2, -0.15) is 0 Å². The van der Waals surface area contributed by atoms with Gasteiger partial charge in [0.25, 0.3) is 0 Å². The van der Waals surface area contributed by atoms with Crippen molar-refractivity contribution in [2.24, 2.45) is 0 Å². The summed E-state index contributed by atoms with van der Waals surface area (Å²) in [6, 6.07) is 0. The van der Waals surface area contributed by atoms with Gasteiger partial charge >= 0.3 is 0 Å². The molecule has 12 heavy (non-hydrogen) atoms. The van der Waals surface area contributed by atoms with E-state index in [1.807, 2.05) is 26.0 Å². The van der Waals surface area contributed by atoms with Crippen molar-refractivity contribution in [3.8, 4) is 0 Å². The van der Waals surface area contributed by atoms with Crippen LogP contribution in [0.5, 0.6) is 0 Å². The lowest BCUT2D eigenvalue weighted by Crippen LogP contribution is -1.91. The van der Waals surface area contributed by atoms with Crippen LogP contribution in [0.25, 0.3) is 5.57 Å². The average Bonchev–Trinajstić information content (AvgIpc) is 2.10. The van der Waals surface area contributed by atoms with Crippen LogP contribution in [0, 0.1) is 6.92 Å². The van der Waals surface area contributed by atoms with E-state index in [0.29, 0.717) is 0 Å². The second-order valence-electron chi connectivity index (χ2n) is 2.47. The predicted molar refractivity (Wildman–Crippen MR) is 50.6 cm³/mol. The van der Waals surface area contributed by atoms with Crippen LogP contribution in [0.3, 0.4) is 0 Å². The molecule has 0 N–H and O–H groups in total. The summed E-state index contributed by atoms with van der Waals surface area (Å²) >= 11 is 0. The summed E-state index contributed by atoms with van der Waals surface area (Å²) in [6.07, 6.45) is 7.17. The van der Waals surface area contributed by atoms with Gasteiger partial charge in [-0.25, -0.2) is 9.97 Å². The molecule has 0 saturated carbocycles. The molecule has 0 unspecified atom stereocenters. The molecule has 0 bridgehead atoms. The molecule has 0 atom stereocenters. The molecule has 1 heterocycles. The molecular weight excluding hydrogens is 148 g/mol. The number of allylic oxidation sites excluding steroid dienone is 3. The van der Waals surface area contributed by atoms with E-state index < -0.39 is 0 Å². The third-order valence-electron chi connectivity index (χ3n) is 1.75. The van der Waals surface area contributed by atoms with Crippen LogP contribution in [0.4, 0.5) is 0 Å². The van der Waals surface area contributed by atoms with Crippen molar-refractivity contribution >= 4 is 5.57 Å². The molecule has 1 rings (SSSR count). The molecule has 1 aromatic heterocycles.